The van der Waals surface area contributed by atoms with Crippen LogP contribution in [0.4, 0.5) is 0 Å². The maximum Gasteiger partial charge on any atom is 0.0868 e. The summed E-state index contributed by atoms with van der Waals surface area (Å²) in [6.07, 6.45) is 0.747. The molecule has 1 atom stereocenters. The first-order valence-electron chi connectivity index (χ1n) is 4.77. The zero-order valence-corrected chi connectivity index (χ0v) is 8.89. The molecule has 1 N–H and O–H groups in total. The monoisotopic (exact) mass is 178 g/mol. The minimum atomic E-state index is -0.684. The first kappa shape index (κ1) is 10.3. The van der Waals surface area contributed by atoms with Crippen molar-refractivity contribution in [3.05, 3.63) is 34.9 Å². The lowest BCUT2D eigenvalue weighted by Gasteiger charge is -2.24. The summed E-state index contributed by atoms with van der Waals surface area (Å²) in [6.45, 7) is 7.96. The Balaban J connectivity index is 3.20. The van der Waals surface area contributed by atoms with Gasteiger partial charge in [-0.3, -0.25) is 0 Å². The fourth-order valence-corrected chi connectivity index (χ4v) is 1.51. The number of hydrogen-bond acceptors (Lipinski definition) is 1. The van der Waals surface area contributed by atoms with Crippen LogP contribution >= 0.6 is 0 Å². The first-order chi connectivity index (χ1) is 5.97. The van der Waals surface area contributed by atoms with Crippen molar-refractivity contribution in [2.75, 3.05) is 0 Å². The van der Waals surface area contributed by atoms with Gasteiger partial charge >= 0.3 is 0 Å². The smallest absolute Gasteiger partial charge is 0.0868 e. The Kier molecular flexibility index (Phi) is 2.77. The molecule has 0 saturated heterocycles. The third-order valence-electron chi connectivity index (χ3n) is 2.66. The first-order valence-corrected chi connectivity index (χ1v) is 4.77. The Morgan fingerprint density at radius 1 is 1.31 bits per heavy atom. The van der Waals surface area contributed by atoms with Gasteiger partial charge in [0.15, 0.2) is 0 Å². The number of benzene rings is 1. The van der Waals surface area contributed by atoms with Crippen LogP contribution in [0.1, 0.15) is 37.0 Å². The van der Waals surface area contributed by atoms with Gasteiger partial charge in [-0.1, -0.05) is 30.7 Å². The summed E-state index contributed by atoms with van der Waals surface area (Å²) in [4.78, 5) is 0. The average molecular weight is 178 g/mol. The number of hydrogen-bond donors (Lipinski definition) is 1. The Bertz CT molecular complexity index is 300. The Morgan fingerprint density at radius 2 is 1.92 bits per heavy atom. The molecule has 0 spiro atoms. The van der Waals surface area contributed by atoms with Crippen molar-refractivity contribution in [3.63, 3.8) is 0 Å². The largest absolute Gasteiger partial charge is 0.385 e. The third kappa shape index (κ3) is 2.10. The van der Waals surface area contributed by atoms with E-state index in [0.717, 1.165) is 17.5 Å². The van der Waals surface area contributed by atoms with Crippen LogP contribution in [0, 0.1) is 13.8 Å². The molecule has 0 saturated carbocycles. The van der Waals surface area contributed by atoms with Gasteiger partial charge in [-0.2, -0.15) is 0 Å². The van der Waals surface area contributed by atoms with Crippen LogP contribution in [0.25, 0.3) is 0 Å². The van der Waals surface area contributed by atoms with Crippen molar-refractivity contribution in [1.82, 2.24) is 0 Å². The molecule has 1 nitrogen and oxygen atoms in total. The molecule has 0 bridgehead atoms. The van der Waals surface area contributed by atoms with E-state index in [1.54, 1.807) is 0 Å². The van der Waals surface area contributed by atoms with Crippen LogP contribution in [0.3, 0.4) is 0 Å². The minimum Gasteiger partial charge on any atom is -0.385 e. The molecule has 13 heavy (non-hydrogen) atoms. The van der Waals surface area contributed by atoms with Gasteiger partial charge in [0, 0.05) is 0 Å². The fourth-order valence-electron chi connectivity index (χ4n) is 1.51. The lowest BCUT2D eigenvalue weighted by molar-refractivity contribution is 0.0524. The van der Waals surface area contributed by atoms with Crippen molar-refractivity contribution in [2.24, 2.45) is 0 Å². The van der Waals surface area contributed by atoms with E-state index in [-0.39, 0.29) is 0 Å². The third-order valence-corrected chi connectivity index (χ3v) is 2.66. The molecule has 0 aromatic heterocycles. The topological polar surface area (TPSA) is 20.2 Å². The summed E-state index contributed by atoms with van der Waals surface area (Å²) in [5.74, 6) is 0. The van der Waals surface area contributed by atoms with Crippen LogP contribution in [0.2, 0.25) is 0 Å². The predicted octanol–water partition coefficient (Wildman–Crippen LogP) is 2.92. The van der Waals surface area contributed by atoms with Gasteiger partial charge in [-0.05, 0) is 38.3 Å². The van der Waals surface area contributed by atoms with E-state index in [1.807, 2.05) is 20.8 Å². The van der Waals surface area contributed by atoms with Crippen LogP contribution in [-0.2, 0) is 5.60 Å². The van der Waals surface area contributed by atoms with E-state index in [4.69, 9.17) is 0 Å². The number of rotatable bonds is 2. The Labute approximate surface area is 80.4 Å². The molecule has 0 amide bonds. The summed E-state index contributed by atoms with van der Waals surface area (Å²) < 4.78 is 0. The quantitative estimate of drug-likeness (QED) is 0.738. The normalized spacial score (nSPS) is 15.5. The molecule has 1 rings (SSSR count). The molecule has 72 valence electrons. The summed E-state index contributed by atoms with van der Waals surface area (Å²) in [5, 5.41) is 10.1. The molecular formula is C12H18O. The van der Waals surface area contributed by atoms with Crippen molar-refractivity contribution >= 4 is 0 Å². The van der Waals surface area contributed by atoms with Crippen LogP contribution in [0.15, 0.2) is 18.2 Å². The summed E-state index contributed by atoms with van der Waals surface area (Å²) in [7, 11) is 0. The van der Waals surface area contributed by atoms with Crippen LogP contribution in [0.5, 0.6) is 0 Å². The molecule has 0 fully saturated rings. The van der Waals surface area contributed by atoms with E-state index in [0.29, 0.717) is 0 Å². The standard InChI is InChI=1S/C12H18O/c1-5-12(4,13)11-8-9(2)6-7-10(11)3/h6-8,13H,5H2,1-4H3/t12-/m0/s1. The van der Waals surface area contributed by atoms with Gasteiger partial charge in [0.1, 0.15) is 0 Å². The highest BCUT2D eigenvalue weighted by Gasteiger charge is 2.22. The average Bonchev–Trinajstić information content (AvgIpc) is 2.09. The van der Waals surface area contributed by atoms with Gasteiger partial charge in [0.2, 0.25) is 0 Å². The lowest BCUT2D eigenvalue weighted by Crippen LogP contribution is -2.21. The second kappa shape index (κ2) is 3.51. The van der Waals surface area contributed by atoms with E-state index in [1.165, 1.54) is 5.56 Å². The highest BCUT2D eigenvalue weighted by atomic mass is 16.3. The Morgan fingerprint density at radius 3 is 2.46 bits per heavy atom. The Hall–Kier alpha value is -0.820. The van der Waals surface area contributed by atoms with Gasteiger partial charge in [0.25, 0.3) is 0 Å². The van der Waals surface area contributed by atoms with Crippen molar-refractivity contribution < 1.29 is 5.11 Å². The van der Waals surface area contributed by atoms with Crippen LogP contribution in [-0.4, -0.2) is 5.11 Å². The summed E-state index contributed by atoms with van der Waals surface area (Å²) in [5.41, 5.74) is 2.73. The molecule has 0 radical (unpaired) electrons. The zero-order chi connectivity index (χ0) is 10.1. The molecule has 1 aromatic carbocycles. The van der Waals surface area contributed by atoms with Crippen molar-refractivity contribution in [1.29, 1.82) is 0 Å². The molecule has 1 aromatic rings. The lowest BCUT2D eigenvalue weighted by atomic mass is 9.89. The van der Waals surface area contributed by atoms with E-state index < -0.39 is 5.60 Å². The molecule has 0 aliphatic carbocycles. The molecule has 0 heterocycles. The minimum absolute atomic E-state index is 0.684. The maximum atomic E-state index is 10.1. The highest BCUT2D eigenvalue weighted by Crippen LogP contribution is 2.27. The number of aliphatic hydroxyl groups is 1. The van der Waals surface area contributed by atoms with Crippen molar-refractivity contribution in [2.45, 2.75) is 39.7 Å². The van der Waals surface area contributed by atoms with E-state index in [9.17, 15) is 5.11 Å². The van der Waals surface area contributed by atoms with Gasteiger partial charge in [-0.25, -0.2) is 0 Å². The maximum absolute atomic E-state index is 10.1. The van der Waals surface area contributed by atoms with Crippen molar-refractivity contribution in [3.8, 4) is 0 Å². The fraction of sp³-hybridized carbons (Fsp3) is 0.500. The molecule has 0 unspecified atom stereocenters. The van der Waals surface area contributed by atoms with Gasteiger partial charge in [-0.15, -0.1) is 0 Å². The second-order valence-electron chi connectivity index (χ2n) is 3.95. The van der Waals surface area contributed by atoms with Gasteiger partial charge in [0.05, 0.1) is 5.60 Å². The van der Waals surface area contributed by atoms with E-state index in [2.05, 4.69) is 25.1 Å². The molecule has 0 aliphatic rings. The SMILES string of the molecule is CC[C@](C)(O)c1cc(C)ccc1C. The molecule has 1 heteroatoms. The zero-order valence-electron chi connectivity index (χ0n) is 8.89. The van der Waals surface area contributed by atoms with Crippen LogP contribution < -0.4 is 0 Å². The second-order valence-corrected chi connectivity index (χ2v) is 3.95. The summed E-state index contributed by atoms with van der Waals surface area (Å²) >= 11 is 0. The highest BCUT2D eigenvalue weighted by molar-refractivity contribution is 5.34. The number of aryl methyl sites for hydroxylation is 2. The van der Waals surface area contributed by atoms with Gasteiger partial charge < -0.3 is 5.11 Å². The predicted molar refractivity (Wildman–Crippen MR) is 55.8 cm³/mol. The van der Waals surface area contributed by atoms with E-state index >= 15 is 0 Å². The molecular weight excluding hydrogens is 160 g/mol. The summed E-state index contributed by atoms with van der Waals surface area (Å²) in [6, 6.07) is 6.21. The molecule has 0 aliphatic heterocycles.